The molecule has 4 aliphatic rings. The maximum absolute atomic E-state index is 12.8. The minimum atomic E-state index is -0.0221. The number of Topliss-reactive ketones (excluding diaryl/α,β-unsaturated/α-hetero) is 2. The lowest BCUT2D eigenvalue weighted by Gasteiger charge is -2.37. The third-order valence-corrected chi connectivity index (χ3v) is 4.60. The number of hydrogen-bond donors (Lipinski definition) is 0. The molecule has 1 aromatic rings. The average Bonchev–Trinajstić information content (AvgIpc) is 2.52. The molecule has 0 aromatic heterocycles. The average molecular weight is 266 g/mol. The van der Waals surface area contributed by atoms with Crippen LogP contribution in [0.2, 0.25) is 0 Å². The lowest BCUT2D eigenvalue weighted by Crippen LogP contribution is -2.35. The standard InChI is InChI=1S/C17H14O3/c1-20-12-4-2-3-11-15(12)17(19)14-10-7-5-9(6-8-10)13(14)16(11)18/h2-5,7,9-10H,6,8H2,1H3/t9-,10+/m0/s1. The molecule has 0 heterocycles. The summed E-state index contributed by atoms with van der Waals surface area (Å²) >= 11 is 0. The van der Waals surface area contributed by atoms with Crippen molar-refractivity contribution >= 4 is 11.6 Å². The molecule has 1 aromatic carbocycles. The first-order valence-electron chi connectivity index (χ1n) is 6.91. The maximum atomic E-state index is 12.8. The summed E-state index contributed by atoms with van der Waals surface area (Å²) in [4.78, 5) is 25.6. The van der Waals surface area contributed by atoms with Crippen molar-refractivity contribution in [2.75, 3.05) is 7.11 Å². The van der Waals surface area contributed by atoms with Gasteiger partial charge in [0, 0.05) is 28.5 Å². The van der Waals surface area contributed by atoms with E-state index in [9.17, 15) is 9.59 Å². The predicted octanol–water partition coefficient (Wildman–Crippen LogP) is 2.97. The second kappa shape index (κ2) is 3.92. The van der Waals surface area contributed by atoms with Crippen molar-refractivity contribution in [3.05, 3.63) is 52.6 Å². The number of hydrogen-bond acceptors (Lipinski definition) is 3. The van der Waals surface area contributed by atoms with E-state index in [1.807, 2.05) is 0 Å². The van der Waals surface area contributed by atoms with Gasteiger partial charge in [-0.3, -0.25) is 9.59 Å². The molecule has 0 spiro atoms. The Bertz CT molecular complexity index is 709. The topological polar surface area (TPSA) is 43.4 Å². The number of benzene rings is 1. The Morgan fingerprint density at radius 1 is 1.00 bits per heavy atom. The highest BCUT2D eigenvalue weighted by Crippen LogP contribution is 2.47. The van der Waals surface area contributed by atoms with Crippen molar-refractivity contribution in [2.24, 2.45) is 11.8 Å². The van der Waals surface area contributed by atoms with E-state index >= 15 is 0 Å². The van der Waals surface area contributed by atoms with Gasteiger partial charge < -0.3 is 4.74 Å². The van der Waals surface area contributed by atoms with Gasteiger partial charge in [0.2, 0.25) is 0 Å². The second-order valence-electron chi connectivity index (χ2n) is 5.54. The van der Waals surface area contributed by atoms with Crippen LogP contribution in [0.3, 0.4) is 0 Å². The lowest BCUT2D eigenvalue weighted by atomic mass is 9.65. The van der Waals surface area contributed by atoms with E-state index in [1.165, 1.54) is 7.11 Å². The van der Waals surface area contributed by atoms with Crippen LogP contribution in [0, 0.1) is 11.8 Å². The third kappa shape index (κ3) is 1.30. The predicted molar refractivity (Wildman–Crippen MR) is 74.0 cm³/mol. The lowest BCUT2D eigenvalue weighted by molar-refractivity contribution is 0.0947. The van der Waals surface area contributed by atoms with Gasteiger partial charge in [0.15, 0.2) is 11.6 Å². The molecule has 100 valence electrons. The first-order chi connectivity index (χ1) is 9.72. The fraction of sp³-hybridized carbons (Fsp3) is 0.294. The molecule has 0 saturated carbocycles. The van der Waals surface area contributed by atoms with Gasteiger partial charge in [-0.05, 0) is 18.9 Å². The molecular weight excluding hydrogens is 252 g/mol. The van der Waals surface area contributed by atoms with E-state index in [2.05, 4.69) is 12.2 Å². The minimum Gasteiger partial charge on any atom is -0.496 e. The first-order valence-corrected chi connectivity index (χ1v) is 6.91. The zero-order valence-electron chi connectivity index (χ0n) is 11.2. The molecule has 0 amide bonds. The largest absolute Gasteiger partial charge is 0.496 e. The molecule has 20 heavy (non-hydrogen) atoms. The van der Waals surface area contributed by atoms with Gasteiger partial charge in [0.25, 0.3) is 0 Å². The Balaban J connectivity index is 1.98. The van der Waals surface area contributed by atoms with Crippen LogP contribution >= 0.6 is 0 Å². The van der Waals surface area contributed by atoms with Crippen molar-refractivity contribution in [2.45, 2.75) is 12.8 Å². The van der Waals surface area contributed by atoms with Gasteiger partial charge in [0.1, 0.15) is 5.75 Å². The molecule has 0 radical (unpaired) electrons. The van der Waals surface area contributed by atoms with E-state index in [0.717, 1.165) is 18.4 Å². The highest BCUT2D eigenvalue weighted by molar-refractivity contribution is 6.28. The summed E-state index contributed by atoms with van der Waals surface area (Å²) in [5.74, 6) is 0.701. The fourth-order valence-corrected chi connectivity index (χ4v) is 3.69. The van der Waals surface area contributed by atoms with Crippen LogP contribution in [0.1, 0.15) is 33.6 Å². The van der Waals surface area contributed by atoms with E-state index in [0.29, 0.717) is 22.4 Å². The normalized spacial score (nSPS) is 26.6. The van der Waals surface area contributed by atoms with Crippen LogP contribution in [0.5, 0.6) is 5.75 Å². The third-order valence-electron chi connectivity index (χ3n) is 4.60. The molecule has 0 fully saturated rings. The number of carbonyl (C=O) groups excluding carboxylic acids is 2. The number of ketones is 2. The highest BCUT2D eigenvalue weighted by Gasteiger charge is 2.43. The SMILES string of the molecule is COc1cccc2c1C(=O)C1=C(C2=O)[C@H]2C=C[C@@H]1CC2. The van der Waals surface area contributed by atoms with Crippen LogP contribution in [0.25, 0.3) is 0 Å². The van der Waals surface area contributed by atoms with Gasteiger partial charge in [-0.25, -0.2) is 0 Å². The summed E-state index contributed by atoms with van der Waals surface area (Å²) < 4.78 is 5.28. The summed E-state index contributed by atoms with van der Waals surface area (Å²) in [6, 6.07) is 5.24. The summed E-state index contributed by atoms with van der Waals surface area (Å²) in [6.07, 6.45) is 6.10. The van der Waals surface area contributed by atoms with E-state index < -0.39 is 0 Å². The van der Waals surface area contributed by atoms with Crippen molar-refractivity contribution < 1.29 is 14.3 Å². The number of fused-ring (bicyclic) bond motifs is 2. The van der Waals surface area contributed by atoms with E-state index in [4.69, 9.17) is 4.74 Å². The Kier molecular flexibility index (Phi) is 2.28. The monoisotopic (exact) mass is 266 g/mol. The molecule has 0 aliphatic heterocycles. The maximum Gasteiger partial charge on any atom is 0.194 e. The highest BCUT2D eigenvalue weighted by atomic mass is 16.5. The Hall–Kier alpha value is -2.16. The number of rotatable bonds is 1. The van der Waals surface area contributed by atoms with Crippen LogP contribution in [-0.4, -0.2) is 18.7 Å². The summed E-state index contributed by atoms with van der Waals surface area (Å²) in [6.45, 7) is 0. The number of ether oxygens (including phenoxy) is 1. The van der Waals surface area contributed by atoms with Gasteiger partial charge in [-0.2, -0.15) is 0 Å². The second-order valence-corrected chi connectivity index (χ2v) is 5.54. The molecule has 0 N–H and O–H groups in total. The number of methoxy groups -OCH3 is 1. The van der Waals surface area contributed by atoms with Gasteiger partial charge in [0.05, 0.1) is 12.7 Å². The molecule has 2 atom stereocenters. The zero-order chi connectivity index (χ0) is 13.9. The number of allylic oxidation sites excluding steroid dienone is 4. The van der Waals surface area contributed by atoms with Crippen LogP contribution < -0.4 is 4.74 Å². The molecule has 0 unspecified atom stereocenters. The summed E-state index contributed by atoms with van der Waals surface area (Å²) in [5, 5.41) is 0. The van der Waals surface area contributed by atoms with Crippen molar-refractivity contribution in [3.63, 3.8) is 0 Å². The smallest absolute Gasteiger partial charge is 0.194 e. The summed E-state index contributed by atoms with van der Waals surface area (Å²) in [5.41, 5.74) is 2.38. The minimum absolute atomic E-state index is 0.00699. The fourth-order valence-electron chi connectivity index (χ4n) is 3.69. The van der Waals surface area contributed by atoms with Crippen LogP contribution in [-0.2, 0) is 0 Å². The van der Waals surface area contributed by atoms with Crippen LogP contribution in [0.4, 0.5) is 0 Å². The molecule has 4 aliphatic carbocycles. The van der Waals surface area contributed by atoms with Crippen molar-refractivity contribution in [1.29, 1.82) is 0 Å². The first kappa shape index (κ1) is 11.6. The molecule has 3 nitrogen and oxygen atoms in total. The van der Waals surface area contributed by atoms with Gasteiger partial charge in [-0.15, -0.1) is 0 Å². The number of carbonyl (C=O) groups is 2. The Labute approximate surface area is 116 Å². The Morgan fingerprint density at radius 2 is 1.65 bits per heavy atom. The van der Waals surface area contributed by atoms with E-state index in [1.54, 1.807) is 18.2 Å². The summed E-state index contributed by atoms with van der Waals surface area (Å²) in [7, 11) is 1.53. The molecule has 0 saturated heterocycles. The van der Waals surface area contributed by atoms with Gasteiger partial charge >= 0.3 is 0 Å². The molecular formula is C17H14O3. The van der Waals surface area contributed by atoms with Crippen molar-refractivity contribution in [1.82, 2.24) is 0 Å². The molecule has 5 rings (SSSR count). The van der Waals surface area contributed by atoms with Crippen molar-refractivity contribution in [3.8, 4) is 5.75 Å². The van der Waals surface area contributed by atoms with Crippen LogP contribution in [0.15, 0.2) is 41.5 Å². The Morgan fingerprint density at radius 3 is 2.25 bits per heavy atom. The van der Waals surface area contributed by atoms with Gasteiger partial charge in [-0.1, -0.05) is 24.3 Å². The zero-order valence-corrected chi connectivity index (χ0v) is 11.2. The molecule has 3 heteroatoms. The van der Waals surface area contributed by atoms with E-state index in [-0.39, 0.29) is 23.4 Å². The molecule has 2 bridgehead atoms. The quantitative estimate of drug-likeness (QED) is 0.734.